The molecule has 0 bridgehead atoms. The zero-order valence-electron chi connectivity index (χ0n) is 11.4. The van der Waals surface area contributed by atoms with E-state index in [0.717, 1.165) is 0 Å². The summed E-state index contributed by atoms with van der Waals surface area (Å²) in [6.07, 6.45) is -9.21. The molecular formula is C14H17F5O. The molecule has 1 rings (SSSR count). The van der Waals surface area contributed by atoms with Crippen molar-refractivity contribution in [1.29, 1.82) is 0 Å². The number of hydrogen-bond acceptors (Lipinski definition) is 1. The van der Waals surface area contributed by atoms with E-state index in [0.29, 0.717) is 5.56 Å². The molecule has 0 saturated heterocycles. The predicted molar refractivity (Wildman–Crippen MR) is 65.7 cm³/mol. The van der Waals surface area contributed by atoms with Gasteiger partial charge < -0.3 is 5.11 Å². The quantitative estimate of drug-likeness (QED) is 0.808. The molecule has 0 aliphatic carbocycles. The Hall–Kier alpha value is -1.17. The van der Waals surface area contributed by atoms with E-state index >= 15 is 0 Å². The highest BCUT2D eigenvalue weighted by atomic mass is 19.4. The minimum atomic E-state index is -5.66. The second-order valence-corrected chi connectivity index (χ2v) is 5.76. The number of aliphatic hydroxyl groups is 1. The number of rotatable bonds is 3. The fourth-order valence-electron chi connectivity index (χ4n) is 1.94. The van der Waals surface area contributed by atoms with Gasteiger partial charge in [0, 0.05) is 0 Å². The zero-order chi connectivity index (χ0) is 15.8. The van der Waals surface area contributed by atoms with Crippen LogP contribution < -0.4 is 0 Å². The first kappa shape index (κ1) is 16.9. The highest BCUT2D eigenvalue weighted by Gasteiger charge is 2.58. The van der Waals surface area contributed by atoms with Crippen LogP contribution in [0.15, 0.2) is 24.3 Å². The van der Waals surface area contributed by atoms with Gasteiger partial charge in [0.2, 0.25) is 0 Å². The molecule has 1 aromatic carbocycles. The van der Waals surface area contributed by atoms with Crippen LogP contribution in [0.5, 0.6) is 0 Å². The van der Waals surface area contributed by atoms with Crippen LogP contribution in [0.3, 0.4) is 0 Å². The van der Waals surface area contributed by atoms with Crippen LogP contribution in [0.4, 0.5) is 22.0 Å². The van der Waals surface area contributed by atoms with Gasteiger partial charge in [0.05, 0.1) is 12.5 Å². The van der Waals surface area contributed by atoms with Crippen LogP contribution in [0.25, 0.3) is 0 Å². The van der Waals surface area contributed by atoms with Crippen LogP contribution in [0, 0.1) is 0 Å². The molecule has 0 aromatic heterocycles. The molecule has 114 valence electrons. The average Bonchev–Trinajstić information content (AvgIpc) is 2.25. The van der Waals surface area contributed by atoms with Crippen LogP contribution >= 0.6 is 0 Å². The topological polar surface area (TPSA) is 20.2 Å². The highest BCUT2D eigenvalue weighted by Crippen LogP contribution is 2.42. The summed E-state index contributed by atoms with van der Waals surface area (Å²) >= 11 is 0. The average molecular weight is 296 g/mol. The monoisotopic (exact) mass is 296 g/mol. The normalized spacial score (nSPS) is 15.2. The molecule has 1 nitrogen and oxygen atoms in total. The van der Waals surface area contributed by atoms with E-state index in [9.17, 15) is 27.1 Å². The SMILES string of the molecule is CC(C)(C)c1ccccc1C(O)CC(F)(F)C(F)(F)F. The summed E-state index contributed by atoms with van der Waals surface area (Å²) in [6.45, 7) is 5.38. The summed E-state index contributed by atoms with van der Waals surface area (Å²) in [5.74, 6) is -4.92. The molecule has 0 radical (unpaired) electrons. The van der Waals surface area contributed by atoms with Gasteiger partial charge >= 0.3 is 12.1 Å². The summed E-state index contributed by atoms with van der Waals surface area (Å²) in [5.41, 5.74) is 0.180. The largest absolute Gasteiger partial charge is 0.453 e. The van der Waals surface area contributed by atoms with E-state index in [1.807, 2.05) is 0 Å². The van der Waals surface area contributed by atoms with Crippen LogP contribution in [0.2, 0.25) is 0 Å². The summed E-state index contributed by atoms with van der Waals surface area (Å²) < 4.78 is 62.6. The molecule has 6 heteroatoms. The standard InChI is InChI=1S/C14H17F5O/c1-12(2,3)10-7-5-4-6-9(10)11(20)8-13(15,16)14(17,18)19/h4-7,11,20H,8H2,1-3H3. The Morgan fingerprint density at radius 1 is 1.00 bits per heavy atom. The maximum absolute atomic E-state index is 13.0. The molecule has 20 heavy (non-hydrogen) atoms. The lowest BCUT2D eigenvalue weighted by Crippen LogP contribution is -2.38. The Bertz CT molecular complexity index is 459. The van der Waals surface area contributed by atoms with Crippen molar-refractivity contribution >= 4 is 0 Å². The maximum atomic E-state index is 13.0. The van der Waals surface area contributed by atoms with Crippen molar-refractivity contribution in [3.63, 3.8) is 0 Å². The molecule has 1 N–H and O–H groups in total. The second kappa shape index (κ2) is 5.31. The molecule has 0 amide bonds. The Balaban J connectivity index is 3.09. The summed E-state index contributed by atoms with van der Waals surface area (Å²) in [4.78, 5) is 0. The summed E-state index contributed by atoms with van der Waals surface area (Å²) in [5, 5.41) is 9.78. The predicted octanol–water partition coefficient (Wildman–Crippen LogP) is 4.61. The van der Waals surface area contributed by atoms with Gasteiger partial charge in [-0.2, -0.15) is 22.0 Å². The summed E-state index contributed by atoms with van der Waals surface area (Å²) in [6, 6.07) is 6.14. The van der Waals surface area contributed by atoms with E-state index in [1.54, 1.807) is 32.9 Å². The van der Waals surface area contributed by atoms with E-state index in [-0.39, 0.29) is 5.56 Å². The van der Waals surface area contributed by atoms with E-state index < -0.39 is 30.0 Å². The van der Waals surface area contributed by atoms with E-state index in [1.165, 1.54) is 12.1 Å². The fraction of sp³-hybridized carbons (Fsp3) is 0.571. The van der Waals surface area contributed by atoms with Crippen molar-refractivity contribution in [1.82, 2.24) is 0 Å². The minimum absolute atomic E-state index is 0.101. The van der Waals surface area contributed by atoms with Crippen molar-refractivity contribution in [3.8, 4) is 0 Å². The first-order chi connectivity index (χ1) is 8.86. The van der Waals surface area contributed by atoms with Gasteiger partial charge in [-0.15, -0.1) is 0 Å². The Labute approximate surface area is 114 Å². The molecule has 0 saturated carbocycles. The number of hydrogen-bond donors (Lipinski definition) is 1. The number of alkyl halides is 5. The lowest BCUT2D eigenvalue weighted by Gasteiger charge is -2.27. The van der Waals surface area contributed by atoms with Crippen molar-refractivity contribution in [3.05, 3.63) is 35.4 Å². The van der Waals surface area contributed by atoms with Gasteiger partial charge in [-0.25, -0.2) is 0 Å². The van der Waals surface area contributed by atoms with Crippen LogP contribution in [-0.4, -0.2) is 17.2 Å². The molecule has 0 heterocycles. The van der Waals surface area contributed by atoms with Crippen molar-refractivity contribution < 1.29 is 27.1 Å². The third-order valence-electron chi connectivity index (χ3n) is 2.99. The molecule has 1 unspecified atom stereocenters. The lowest BCUT2D eigenvalue weighted by atomic mass is 9.81. The van der Waals surface area contributed by atoms with Gasteiger partial charge in [-0.05, 0) is 16.5 Å². The molecule has 0 aliphatic rings. The van der Waals surface area contributed by atoms with E-state index in [4.69, 9.17) is 0 Å². The lowest BCUT2D eigenvalue weighted by molar-refractivity contribution is -0.290. The van der Waals surface area contributed by atoms with Crippen molar-refractivity contribution in [2.24, 2.45) is 0 Å². The minimum Gasteiger partial charge on any atom is -0.388 e. The fourth-order valence-corrected chi connectivity index (χ4v) is 1.94. The van der Waals surface area contributed by atoms with Gasteiger partial charge in [0.15, 0.2) is 0 Å². The maximum Gasteiger partial charge on any atom is 0.453 e. The number of aliphatic hydroxyl groups excluding tert-OH is 1. The Morgan fingerprint density at radius 2 is 1.50 bits per heavy atom. The third kappa shape index (κ3) is 3.69. The smallest absolute Gasteiger partial charge is 0.388 e. The Morgan fingerprint density at radius 3 is 1.95 bits per heavy atom. The highest BCUT2D eigenvalue weighted by molar-refractivity contribution is 5.34. The molecule has 1 atom stereocenters. The number of benzene rings is 1. The van der Waals surface area contributed by atoms with Gasteiger partial charge in [0.1, 0.15) is 0 Å². The molecular weight excluding hydrogens is 279 g/mol. The first-order valence-corrected chi connectivity index (χ1v) is 6.08. The molecule has 0 spiro atoms. The van der Waals surface area contributed by atoms with Crippen LogP contribution in [0.1, 0.15) is 44.4 Å². The first-order valence-electron chi connectivity index (χ1n) is 6.08. The zero-order valence-corrected chi connectivity index (χ0v) is 11.4. The molecule has 0 fully saturated rings. The van der Waals surface area contributed by atoms with Gasteiger partial charge in [-0.3, -0.25) is 0 Å². The summed E-state index contributed by atoms with van der Waals surface area (Å²) in [7, 11) is 0. The van der Waals surface area contributed by atoms with Crippen LogP contribution in [-0.2, 0) is 5.41 Å². The second-order valence-electron chi connectivity index (χ2n) is 5.76. The van der Waals surface area contributed by atoms with Gasteiger partial charge in [0.25, 0.3) is 0 Å². The van der Waals surface area contributed by atoms with Crippen molar-refractivity contribution in [2.75, 3.05) is 0 Å². The Kier molecular flexibility index (Phi) is 4.49. The van der Waals surface area contributed by atoms with Crippen molar-refractivity contribution in [2.45, 2.75) is 50.8 Å². The number of halogens is 5. The van der Waals surface area contributed by atoms with E-state index in [2.05, 4.69) is 0 Å². The molecule has 0 aliphatic heterocycles. The molecule has 1 aromatic rings. The van der Waals surface area contributed by atoms with Gasteiger partial charge in [-0.1, -0.05) is 45.0 Å². The third-order valence-corrected chi connectivity index (χ3v) is 2.99.